The Morgan fingerprint density at radius 2 is 1.89 bits per heavy atom. The smallest absolute Gasteiger partial charge is 0.402 e. The lowest BCUT2D eigenvalue weighted by Gasteiger charge is -2.08. The van der Waals surface area contributed by atoms with E-state index in [2.05, 4.69) is 4.99 Å². The van der Waals surface area contributed by atoms with Gasteiger partial charge in [0.25, 0.3) is 0 Å². The van der Waals surface area contributed by atoms with Crippen molar-refractivity contribution in [3.63, 3.8) is 0 Å². The van der Waals surface area contributed by atoms with Gasteiger partial charge in [-0.25, -0.2) is 9.79 Å². The van der Waals surface area contributed by atoms with Gasteiger partial charge in [0.05, 0.1) is 0 Å². The second-order valence-electron chi connectivity index (χ2n) is 5.78. The Morgan fingerprint density at radius 3 is 2.59 bits per heavy atom. The largest absolute Gasteiger partial charge is 0.471 e. The van der Waals surface area contributed by atoms with E-state index in [1.54, 1.807) is 23.5 Å². The summed E-state index contributed by atoms with van der Waals surface area (Å²) in [4.78, 5) is 27.2. The van der Waals surface area contributed by atoms with Crippen molar-refractivity contribution in [2.45, 2.75) is 13.1 Å². The summed E-state index contributed by atoms with van der Waals surface area (Å²) in [5.74, 6) is -2.60. The molecule has 138 valence electrons. The van der Waals surface area contributed by atoms with Crippen LogP contribution in [0, 0.1) is 6.92 Å². The first-order valence-corrected chi connectivity index (χ1v) is 7.80. The molecule has 0 bridgehead atoms. The minimum Gasteiger partial charge on any atom is -0.402 e. The zero-order valence-electron chi connectivity index (χ0n) is 14.0. The maximum atomic E-state index is 12.3. The van der Waals surface area contributed by atoms with E-state index in [1.165, 1.54) is 24.3 Å². The Bertz CT molecular complexity index is 978. The van der Waals surface area contributed by atoms with Gasteiger partial charge in [0.15, 0.2) is 5.70 Å². The van der Waals surface area contributed by atoms with Gasteiger partial charge >= 0.3 is 18.1 Å². The summed E-state index contributed by atoms with van der Waals surface area (Å²) < 4.78 is 42.2. The SMILES string of the molecule is Cc1cccc(C2=N/C(=C\c3cccc(NC(=O)C(F)(F)F)c3)C(=O)O2)c1. The number of hydrogen-bond acceptors (Lipinski definition) is 4. The summed E-state index contributed by atoms with van der Waals surface area (Å²) in [6, 6.07) is 12.9. The number of nitrogens with one attached hydrogen (secondary N) is 1. The molecule has 8 heteroatoms. The molecule has 1 aliphatic rings. The van der Waals surface area contributed by atoms with E-state index in [4.69, 9.17) is 4.74 Å². The van der Waals surface area contributed by atoms with Crippen LogP contribution in [0.4, 0.5) is 18.9 Å². The lowest BCUT2D eigenvalue weighted by atomic mass is 10.1. The van der Waals surface area contributed by atoms with Crippen molar-refractivity contribution in [3.8, 4) is 0 Å². The van der Waals surface area contributed by atoms with Crippen LogP contribution in [0.3, 0.4) is 0 Å². The summed E-state index contributed by atoms with van der Waals surface area (Å²) in [6.07, 6.45) is -3.62. The predicted molar refractivity (Wildman–Crippen MR) is 92.9 cm³/mol. The van der Waals surface area contributed by atoms with Crippen LogP contribution in [-0.2, 0) is 14.3 Å². The average molecular weight is 374 g/mol. The number of benzene rings is 2. The second kappa shape index (κ2) is 7.06. The molecule has 1 amide bonds. The average Bonchev–Trinajstić information content (AvgIpc) is 2.95. The Balaban J connectivity index is 1.85. The molecule has 0 saturated heterocycles. The third-order valence-electron chi connectivity index (χ3n) is 3.59. The molecule has 0 spiro atoms. The summed E-state index contributed by atoms with van der Waals surface area (Å²) in [5.41, 5.74) is 1.94. The molecule has 0 atom stereocenters. The van der Waals surface area contributed by atoms with Gasteiger partial charge < -0.3 is 10.1 Å². The number of alkyl halides is 3. The standard InChI is InChI=1S/C19H13F3N2O3/c1-11-4-2-6-13(8-11)16-24-15(17(25)27-16)10-12-5-3-7-14(9-12)23-18(26)19(20,21)22/h2-10H,1H3,(H,23,26)/b15-10-. The van der Waals surface area contributed by atoms with Crippen LogP contribution in [0.1, 0.15) is 16.7 Å². The van der Waals surface area contributed by atoms with Crippen LogP contribution in [0.5, 0.6) is 0 Å². The molecule has 0 fully saturated rings. The minimum absolute atomic E-state index is 0.00537. The molecule has 0 unspecified atom stereocenters. The summed E-state index contributed by atoms with van der Waals surface area (Å²) >= 11 is 0. The zero-order valence-corrected chi connectivity index (χ0v) is 14.0. The van der Waals surface area contributed by atoms with Crippen molar-refractivity contribution in [1.29, 1.82) is 0 Å². The number of halogens is 3. The number of aryl methyl sites for hydroxylation is 1. The van der Waals surface area contributed by atoms with E-state index < -0.39 is 18.1 Å². The maximum Gasteiger partial charge on any atom is 0.471 e. The maximum absolute atomic E-state index is 12.3. The highest BCUT2D eigenvalue weighted by molar-refractivity contribution is 6.13. The highest BCUT2D eigenvalue weighted by Gasteiger charge is 2.38. The van der Waals surface area contributed by atoms with Crippen molar-refractivity contribution < 1.29 is 27.5 Å². The lowest BCUT2D eigenvalue weighted by molar-refractivity contribution is -0.167. The van der Waals surface area contributed by atoms with Gasteiger partial charge in [-0.15, -0.1) is 0 Å². The van der Waals surface area contributed by atoms with Gasteiger partial charge in [0.2, 0.25) is 5.90 Å². The van der Waals surface area contributed by atoms with Crippen LogP contribution < -0.4 is 5.32 Å². The van der Waals surface area contributed by atoms with Crippen molar-refractivity contribution in [2.75, 3.05) is 5.32 Å². The molecule has 1 heterocycles. The van der Waals surface area contributed by atoms with E-state index in [1.807, 2.05) is 19.1 Å². The van der Waals surface area contributed by atoms with Crippen LogP contribution in [-0.4, -0.2) is 24.0 Å². The van der Waals surface area contributed by atoms with Crippen molar-refractivity contribution in [2.24, 2.45) is 4.99 Å². The first kappa shape index (κ1) is 18.4. The number of cyclic esters (lactones) is 1. The first-order valence-electron chi connectivity index (χ1n) is 7.80. The monoisotopic (exact) mass is 374 g/mol. The number of hydrogen-bond donors (Lipinski definition) is 1. The fourth-order valence-corrected chi connectivity index (χ4v) is 2.38. The van der Waals surface area contributed by atoms with Gasteiger partial charge in [0, 0.05) is 11.3 Å². The molecule has 27 heavy (non-hydrogen) atoms. The van der Waals surface area contributed by atoms with Gasteiger partial charge in [0.1, 0.15) is 0 Å². The molecule has 1 N–H and O–H groups in total. The summed E-state index contributed by atoms with van der Waals surface area (Å²) in [6.45, 7) is 1.89. The molecule has 3 rings (SSSR count). The number of nitrogens with zero attached hydrogens (tertiary/aromatic N) is 1. The fourth-order valence-electron chi connectivity index (χ4n) is 2.38. The highest BCUT2D eigenvalue weighted by atomic mass is 19.4. The van der Waals surface area contributed by atoms with Gasteiger partial charge in [-0.1, -0.05) is 29.8 Å². The number of anilines is 1. The number of carbonyl (C=O) groups is 2. The minimum atomic E-state index is -4.99. The molecule has 0 aromatic heterocycles. The molecular formula is C19H13F3N2O3. The van der Waals surface area contributed by atoms with Crippen LogP contribution >= 0.6 is 0 Å². The Kier molecular flexibility index (Phi) is 4.81. The number of rotatable bonds is 3. The number of aliphatic imine (C=N–C) groups is 1. The van der Waals surface area contributed by atoms with Crippen molar-refractivity contribution in [3.05, 3.63) is 70.9 Å². The molecule has 1 aliphatic heterocycles. The normalized spacial score (nSPS) is 15.5. The third kappa shape index (κ3) is 4.41. The Hall–Kier alpha value is -3.42. The molecular weight excluding hydrogens is 361 g/mol. The van der Waals surface area contributed by atoms with Gasteiger partial charge in [-0.3, -0.25) is 4.79 Å². The number of ether oxygens (including phenoxy) is 1. The predicted octanol–water partition coefficient (Wildman–Crippen LogP) is 3.84. The van der Waals surface area contributed by atoms with Crippen LogP contribution in [0.2, 0.25) is 0 Å². The van der Waals surface area contributed by atoms with E-state index >= 15 is 0 Å². The fraction of sp³-hybridized carbons (Fsp3) is 0.105. The van der Waals surface area contributed by atoms with E-state index in [-0.39, 0.29) is 17.3 Å². The first-order chi connectivity index (χ1) is 12.7. The van der Waals surface area contributed by atoms with Crippen molar-refractivity contribution >= 4 is 29.5 Å². The Labute approximate surface area is 152 Å². The summed E-state index contributed by atoms with van der Waals surface area (Å²) in [5, 5.41) is 1.75. The molecule has 0 aliphatic carbocycles. The molecule has 5 nitrogen and oxygen atoms in total. The number of esters is 1. The van der Waals surface area contributed by atoms with Crippen LogP contribution in [0.15, 0.2) is 59.2 Å². The molecule has 0 saturated carbocycles. The lowest BCUT2D eigenvalue weighted by Crippen LogP contribution is -2.29. The highest BCUT2D eigenvalue weighted by Crippen LogP contribution is 2.22. The topological polar surface area (TPSA) is 67.8 Å². The van der Waals surface area contributed by atoms with E-state index in [0.29, 0.717) is 11.1 Å². The third-order valence-corrected chi connectivity index (χ3v) is 3.59. The van der Waals surface area contributed by atoms with E-state index in [0.717, 1.165) is 5.56 Å². The van der Waals surface area contributed by atoms with Gasteiger partial charge in [-0.2, -0.15) is 13.2 Å². The molecule has 2 aromatic carbocycles. The van der Waals surface area contributed by atoms with Gasteiger partial charge in [-0.05, 0) is 42.8 Å². The number of amides is 1. The summed E-state index contributed by atoms with van der Waals surface area (Å²) in [7, 11) is 0. The molecule has 2 aromatic rings. The van der Waals surface area contributed by atoms with Crippen molar-refractivity contribution in [1.82, 2.24) is 0 Å². The van der Waals surface area contributed by atoms with E-state index in [9.17, 15) is 22.8 Å². The quantitative estimate of drug-likeness (QED) is 0.656. The second-order valence-corrected chi connectivity index (χ2v) is 5.78. The molecule has 0 radical (unpaired) electrons. The number of carbonyl (C=O) groups excluding carboxylic acids is 2. The zero-order chi connectivity index (χ0) is 19.6. The van der Waals surface area contributed by atoms with Crippen LogP contribution in [0.25, 0.3) is 6.08 Å². The Morgan fingerprint density at radius 1 is 1.15 bits per heavy atom.